The van der Waals surface area contributed by atoms with Crippen LogP contribution in [0.2, 0.25) is 0 Å². The first-order valence-electron chi connectivity index (χ1n) is 7.17. The highest BCUT2D eigenvalue weighted by atomic mass is 16.5. The molecule has 0 N–H and O–H groups in total. The average molecular weight is 261 g/mol. The molecule has 1 fully saturated rings. The van der Waals surface area contributed by atoms with Gasteiger partial charge in [-0.2, -0.15) is 0 Å². The van der Waals surface area contributed by atoms with E-state index >= 15 is 0 Å². The predicted octanol–water partition coefficient (Wildman–Crippen LogP) is 2.91. The summed E-state index contributed by atoms with van der Waals surface area (Å²) in [4.78, 5) is 14.2. The fourth-order valence-corrected chi connectivity index (χ4v) is 2.61. The summed E-state index contributed by atoms with van der Waals surface area (Å²) in [5, 5.41) is 0. The van der Waals surface area contributed by atoms with E-state index in [9.17, 15) is 4.79 Å². The van der Waals surface area contributed by atoms with Crippen molar-refractivity contribution in [2.45, 2.75) is 45.7 Å². The van der Waals surface area contributed by atoms with E-state index in [1.54, 1.807) is 0 Å². The van der Waals surface area contributed by atoms with Gasteiger partial charge in [-0.3, -0.25) is 9.69 Å². The number of carbonyl (C=O) groups is 1. The second-order valence-corrected chi connectivity index (χ2v) is 5.22. The van der Waals surface area contributed by atoms with E-state index in [0.29, 0.717) is 6.61 Å². The van der Waals surface area contributed by atoms with Gasteiger partial charge in [0.05, 0.1) is 6.61 Å². The van der Waals surface area contributed by atoms with E-state index in [1.165, 1.54) is 17.5 Å². The first kappa shape index (κ1) is 14.1. The Morgan fingerprint density at radius 2 is 2.05 bits per heavy atom. The molecule has 1 aliphatic heterocycles. The lowest BCUT2D eigenvalue weighted by Crippen LogP contribution is -2.44. The minimum atomic E-state index is -0.0608. The van der Waals surface area contributed by atoms with E-state index in [2.05, 4.69) is 36.1 Å². The topological polar surface area (TPSA) is 29.5 Å². The first-order valence-corrected chi connectivity index (χ1v) is 7.17. The molecule has 0 saturated carbocycles. The third kappa shape index (κ3) is 3.80. The maximum absolute atomic E-state index is 12.0. The lowest BCUT2D eigenvalue weighted by atomic mass is 10.0. The molecule has 1 atom stereocenters. The number of hydrogen-bond acceptors (Lipinski definition) is 3. The monoisotopic (exact) mass is 261 g/mol. The second-order valence-electron chi connectivity index (χ2n) is 5.22. The largest absolute Gasteiger partial charge is 0.465 e. The van der Waals surface area contributed by atoms with Gasteiger partial charge in [0, 0.05) is 6.54 Å². The molecule has 0 radical (unpaired) electrons. The summed E-state index contributed by atoms with van der Waals surface area (Å²) in [6.07, 6.45) is 3.21. The quantitative estimate of drug-likeness (QED) is 0.780. The lowest BCUT2D eigenvalue weighted by Gasteiger charge is -2.33. The molecule has 104 valence electrons. The molecule has 3 heteroatoms. The third-order valence-corrected chi connectivity index (χ3v) is 3.68. The molecule has 0 bridgehead atoms. The number of nitrogens with zero attached hydrogens (tertiary/aromatic N) is 1. The van der Waals surface area contributed by atoms with Gasteiger partial charge in [-0.05, 0) is 38.8 Å². The third-order valence-electron chi connectivity index (χ3n) is 3.68. The molecule has 0 spiro atoms. The molecule has 1 aromatic rings. The Morgan fingerprint density at radius 1 is 1.32 bits per heavy atom. The van der Waals surface area contributed by atoms with E-state index in [4.69, 9.17) is 4.74 Å². The van der Waals surface area contributed by atoms with Crippen LogP contribution in [0, 0.1) is 6.92 Å². The number of hydrogen-bond donors (Lipinski definition) is 0. The Morgan fingerprint density at radius 3 is 2.74 bits per heavy atom. The summed E-state index contributed by atoms with van der Waals surface area (Å²) in [7, 11) is 0. The molecular formula is C16H23NO2. The van der Waals surface area contributed by atoms with Crippen molar-refractivity contribution in [3.8, 4) is 0 Å². The average Bonchev–Trinajstić information content (AvgIpc) is 2.42. The Labute approximate surface area is 115 Å². The van der Waals surface area contributed by atoms with Crippen molar-refractivity contribution in [1.29, 1.82) is 0 Å². The number of esters is 1. The fourth-order valence-electron chi connectivity index (χ4n) is 2.61. The highest BCUT2D eigenvalue weighted by molar-refractivity contribution is 5.75. The van der Waals surface area contributed by atoms with Crippen LogP contribution in [0.3, 0.4) is 0 Å². The van der Waals surface area contributed by atoms with Crippen LogP contribution in [-0.2, 0) is 16.1 Å². The van der Waals surface area contributed by atoms with Gasteiger partial charge < -0.3 is 4.74 Å². The van der Waals surface area contributed by atoms with E-state index in [-0.39, 0.29) is 12.0 Å². The Hall–Kier alpha value is -1.35. The number of benzene rings is 1. The van der Waals surface area contributed by atoms with E-state index in [1.807, 2.05) is 6.92 Å². The summed E-state index contributed by atoms with van der Waals surface area (Å²) in [6.45, 7) is 6.24. The zero-order valence-electron chi connectivity index (χ0n) is 11.9. The number of carbonyl (C=O) groups excluding carboxylic acids is 1. The molecule has 1 aromatic carbocycles. The summed E-state index contributed by atoms with van der Waals surface area (Å²) < 4.78 is 5.19. The number of piperidine rings is 1. The highest BCUT2D eigenvalue weighted by Gasteiger charge is 2.29. The van der Waals surface area contributed by atoms with Gasteiger partial charge in [0.25, 0.3) is 0 Å². The zero-order chi connectivity index (χ0) is 13.7. The molecule has 0 amide bonds. The van der Waals surface area contributed by atoms with Crippen LogP contribution in [0.25, 0.3) is 0 Å². The van der Waals surface area contributed by atoms with E-state index < -0.39 is 0 Å². The molecule has 0 aliphatic carbocycles. The van der Waals surface area contributed by atoms with Crippen molar-refractivity contribution < 1.29 is 9.53 Å². The van der Waals surface area contributed by atoms with Crippen molar-refractivity contribution in [2.75, 3.05) is 13.2 Å². The molecule has 3 nitrogen and oxygen atoms in total. The minimum Gasteiger partial charge on any atom is -0.465 e. The van der Waals surface area contributed by atoms with Crippen molar-refractivity contribution in [3.63, 3.8) is 0 Å². The predicted molar refractivity (Wildman–Crippen MR) is 75.9 cm³/mol. The van der Waals surface area contributed by atoms with Gasteiger partial charge >= 0.3 is 5.97 Å². The van der Waals surface area contributed by atoms with Crippen LogP contribution >= 0.6 is 0 Å². The van der Waals surface area contributed by atoms with Gasteiger partial charge in [0.1, 0.15) is 6.04 Å². The normalized spacial score (nSPS) is 20.2. The molecule has 2 rings (SSSR count). The molecule has 1 aliphatic rings. The lowest BCUT2D eigenvalue weighted by molar-refractivity contribution is -0.151. The minimum absolute atomic E-state index is 0.0602. The Kier molecular flexibility index (Phi) is 4.97. The SMILES string of the molecule is CCOC(=O)[C@H]1CCCCN1Cc1ccc(C)cc1. The number of rotatable bonds is 4. The van der Waals surface area contributed by atoms with E-state index in [0.717, 1.165) is 25.9 Å². The van der Waals surface area contributed by atoms with Crippen LogP contribution in [0.4, 0.5) is 0 Å². The molecule has 19 heavy (non-hydrogen) atoms. The summed E-state index contributed by atoms with van der Waals surface area (Å²) in [6, 6.07) is 8.48. The van der Waals surface area contributed by atoms with Crippen molar-refractivity contribution in [3.05, 3.63) is 35.4 Å². The Balaban J connectivity index is 2.03. The fraction of sp³-hybridized carbons (Fsp3) is 0.562. The maximum atomic E-state index is 12.0. The van der Waals surface area contributed by atoms with Crippen LogP contribution < -0.4 is 0 Å². The van der Waals surface area contributed by atoms with Crippen LogP contribution in [0.15, 0.2) is 24.3 Å². The number of likely N-dealkylation sites (tertiary alicyclic amines) is 1. The summed E-state index contributed by atoms with van der Waals surface area (Å²) >= 11 is 0. The van der Waals surface area contributed by atoms with Crippen LogP contribution in [0.5, 0.6) is 0 Å². The van der Waals surface area contributed by atoms with Gasteiger partial charge in [0.15, 0.2) is 0 Å². The molecule has 0 aromatic heterocycles. The smallest absolute Gasteiger partial charge is 0.323 e. The summed E-state index contributed by atoms with van der Waals surface area (Å²) in [5.41, 5.74) is 2.53. The molecule has 1 saturated heterocycles. The van der Waals surface area contributed by atoms with Gasteiger partial charge in [-0.25, -0.2) is 0 Å². The highest BCUT2D eigenvalue weighted by Crippen LogP contribution is 2.21. The van der Waals surface area contributed by atoms with Gasteiger partial charge in [0.2, 0.25) is 0 Å². The van der Waals surface area contributed by atoms with Crippen molar-refractivity contribution >= 4 is 5.97 Å². The first-order chi connectivity index (χ1) is 9.20. The van der Waals surface area contributed by atoms with Crippen LogP contribution in [-0.4, -0.2) is 30.1 Å². The maximum Gasteiger partial charge on any atom is 0.323 e. The van der Waals surface area contributed by atoms with Gasteiger partial charge in [-0.15, -0.1) is 0 Å². The standard InChI is InChI=1S/C16H23NO2/c1-3-19-16(18)15-6-4-5-11-17(15)12-14-9-7-13(2)8-10-14/h7-10,15H,3-6,11-12H2,1-2H3/t15-/m1/s1. The van der Waals surface area contributed by atoms with Crippen molar-refractivity contribution in [2.24, 2.45) is 0 Å². The second kappa shape index (κ2) is 6.71. The summed E-state index contributed by atoms with van der Waals surface area (Å²) in [5.74, 6) is -0.0608. The van der Waals surface area contributed by atoms with Crippen molar-refractivity contribution in [1.82, 2.24) is 4.90 Å². The van der Waals surface area contributed by atoms with Crippen LogP contribution in [0.1, 0.15) is 37.3 Å². The zero-order valence-corrected chi connectivity index (χ0v) is 11.9. The molecule has 1 heterocycles. The Bertz CT molecular complexity index is 413. The number of ether oxygens (including phenoxy) is 1. The number of aryl methyl sites for hydroxylation is 1. The molecular weight excluding hydrogens is 238 g/mol. The molecule has 0 unspecified atom stereocenters. The van der Waals surface area contributed by atoms with Gasteiger partial charge in [-0.1, -0.05) is 36.2 Å².